The average molecular weight is 290 g/mol. The molecule has 0 fully saturated rings. The smallest absolute Gasteiger partial charge is 0.337 e. The van der Waals surface area contributed by atoms with E-state index in [0.717, 1.165) is 16.1 Å². The molecule has 0 radical (unpaired) electrons. The number of benzene rings is 2. The van der Waals surface area contributed by atoms with Crippen LogP contribution < -0.4 is 5.32 Å². The molecular formula is C16H16ClNO2. The van der Waals surface area contributed by atoms with Crippen molar-refractivity contribution in [3.8, 4) is 0 Å². The van der Waals surface area contributed by atoms with Gasteiger partial charge in [0.25, 0.3) is 0 Å². The maximum absolute atomic E-state index is 11.3. The van der Waals surface area contributed by atoms with E-state index in [9.17, 15) is 4.79 Å². The van der Waals surface area contributed by atoms with Gasteiger partial charge in [0, 0.05) is 18.1 Å². The normalized spacial score (nSPS) is 10.3. The summed E-state index contributed by atoms with van der Waals surface area (Å²) in [6.07, 6.45) is 0. The van der Waals surface area contributed by atoms with Crippen LogP contribution in [0.2, 0.25) is 5.02 Å². The highest BCUT2D eigenvalue weighted by Crippen LogP contribution is 2.14. The standard InChI is InChI=1S/C16H16ClNO2/c1-20-16(19)13-8-6-12(7-9-13)10-18-11-14-4-2-3-5-15(14)17/h2-9,18H,10-11H2,1H3. The van der Waals surface area contributed by atoms with Crippen molar-refractivity contribution < 1.29 is 9.53 Å². The van der Waals surface area contributed by atoms with Crippen LogP contribution in [0.5, 0.6) is 0 Å². The Hall–Kier alpha value is -1.84. The van der Waals surface area contributed by atoms with Crippen molar-refractivity contribution in [1.29, 1.82) is 0 Å². The fraction of sp³-hybridized carbons (Fsp3) is 0.188. The number of hydrogen-bond donors (Lipinski definition) is 1. The highest BCUT2D eigenvalue weighted by Gasteiger charge is 2.04. The van der Waals surface area contributed by atoms with E-state index in [0.29, 0.717) is 18.7 Å². The van der Waals surface area contributed by atoms with Crippen molar-refractivity contribution in [2.75, 3.05) is 7.11 Å². The summed E-state index contributed by atoms with van der Waals surface area (Å²) in [5, 5.41) is 4.09. The first kappa shape index (κ1) is 14.6. The van der Waals surface area contributed by atoms with Crippen molar-refractivity contribution >= 4 is 17.6 Å². The third-order valence-electron chi connectivity index (χ3n) is 2.98. The number of carbonyl (C=O) groups excluding carboxylic acids is 1. The van der Waals surface area contributed by atoms with Gasteiger partial charge in [0.2, 0.25) is 0 Å². The summed E-state index contributed by atoms with van der Waals surface area (Å²) in [6.45, 7) is 1.42. The highest BCUT2D eigenvalue weighted by atomic mass is 35.5. The van der Waals surface area contributed by atoms with E-state index in [1.54, 1.807) is 12.1 Å². The molecule has 0 aromatic heterocycles. The molecule has 0 bridgehead atoms. The summed E-state index contributed by atoms with van der Waals surface area (Å²) in [6, 6.07) is 15.1. The summed E-state index contributed by atoms with van der Waals surface area (Å²) >= 11 is 6.09. The minimum absolute atomic E-state index is 0.319. The maximum atomic E-state index is 11.3. The molecule has 0 aliphatic carbocycles. The number of carbonyl (C=O) groups is 1. The van der Waals surface area contributed by atoms with E-state index in [1.165, 1.54) is 7.11 Å². The van der Waals surface area contributed by atoms with Gasteiger partial charge in [0.05, 0.1) is 12.7 Å². The molecule has 0 aliphatic heterocycles. The monoisotopic (exact) mass is 289 g/mol. The number of hydrogen-bond acceptors (Lipinski definition) is 3. The zero-order chi connectivity index (χ0) is 14.4. The molecule has 0 saturated heterocycles. The first-order valence-electron chi connectivity index (χ1n) is 6.32. The lowest BCUT2D eigenvalue weighted by Gasteiger charge is -2.07. The highest BCUT2D eigenvalue weighted by molar-refractivity contribution is 6.31. The summed E-state index contributed by atoms with van der Waals surface area (Å²) in [4.78, 5) is 11.3. The Balaban J connectivity index is 1.88. The molecule has 0 saturated carbocycles. The first-order chi connectivity index (χ1) is 9.70. The Morgan fingerprint density at radius 1 is 1.10 bits per heavy atom. The summed E-state index contributed by atoms with van der Waals surface area (Å²) < 4.78 is 4.66. The molecule has 2 aromatic carbocycles. The quantitative estimate of drug-likeness (QED) is 0.857. The molecule has 0 heterocycles. The van der Waals surface area contributed by atoms with Gasteiger partial charge >= 0.3 is 5.97 Å². The number of methoxy groups -OCH3 is 1. The molecule has 0 aliphatic rings. The molecule has 20 heavy (non-hydrogen) atoms. The van der Waals surface area contributed by atoms with Gasteiger partial charge in [-0.25, -0.2) is 4.79 Å². The predicted molar refractivity (Wildman–Crippen MR) is 79.8 cm³/mol. The second-order valence-electron chi connectivity index (χ2n) is 4.38. The van der Waals surface area contributed by atoms with E-state index >= 15 is 0 Å². The van der Waals surface area contributed by atoms with Gasteiger partial charge in [0.15, 0.2) is 0 Å². The van der Waals surface area contributed by atoms with Gasteiger partial charge in [-0.2, -0.15) is 0 Å². The molecule has 1 N–H and O–H groups in total. The molecule has 104 valence electrons. The second-order valence-corrected chi connectivity index (χ2v) is 4.79. The van der Waals surface area contributed by atoms with Gasteiger partial charge in [-0.05, 0) is 29.3 Å². The van der Waals surface area contributed by atoms with Crippen LogP contribution >= 0.6 is 11.6 Å². The van der Waals surface area contributed by atoms with Crippen LogP contribution in [0, 0.1) is 0 Å². The van der Waals surface area contributed by atoms with Crippen LogP contribution in [0.25, 0.3) is 0 Å². The molecule has 4 heteroatoms. The largest absolute Gasteiger partial charge is 0.465 e. The van der Waals surface area contributed by atoms with Crippen molar-refractivity contribution in [2.24, 2.45) is 0 Å². The van der Waals surface area contributed by atoms with Gasteiger partial charge in [0.1, 0.15) is 0 Å². The molecule has 3 nitrogen and oxygen atoms in total. The van der Waals surface area contributed by atoms with Crippen molar-refractivity contribution in [1.82, 2.24) is 5.32 Å². The zero-order valence-corrected chi connectivity index (χ0v) is 12.0. The maximum Gasteiger partial charge on any atom is 0.337 e. The van der Waals surface area contributed by atoms with Crippen LogP contribution in [0.1, 0.15) is 21.5 Å². The van der Waals surface area contributed by atoms with Gasteiger partial charge in [-0.3, -0.25) is 0 Å². The van der Waals surface area contributed by atoms with Crippen molar-refractivity contribution in [2.45, 2.75) is 13.1 Å². The summed E-state index contributed by atoms with van der Waals surface area (Å²) in [7, 11) is 1.38. The predicted octanol–water partition coefficient (Wildman–Crippen LogP) is 3.42. The van der Waals surface area contributed by atoms with Gasteiger partial charge < -0.3 is 10.1 Å². The third-order valence-corrected chi connectivity index (χ3v) is 3.35. The zero-order valence-electron chi connectivity index (χ0n) is 11.2. The molecule has 0 amide bonds. The molecular weight excluding hydrogens is 274 g/mol. The third kappa shape index (κ3) is 3.83. The Labute approximate surface area is 123 Å². The van der Waals surface area contributed by atoms with Crippen LogP contribution in [0.4, 0.5) is 0 Å². The number of rotatable bonds is 5. The molecule has 0 spiro atoms. The number of esters is 1. The minimum atomic E-state index is -0.319. The van der Waals surface area contributed by atoms with Gasteiger partial charge in [-0.15, -0.1) is 0 Å². The molecule has 0 unspecified atom stereocenters. The van der Waals surface area contributed by atoms with Crippen LogP contribution in [-0.4, -0.2) is 13.1 Å². The Bertz CT molecular complexity index is 581. The Kier molecular flexibility index (Phi) is 5.16. The van der Waals surface area contributed by atoms with Crippen LogP contribution in [0.3, 0.4) is 0 Å². The molecule has 2 rings (SSSR count). The Morgan fingerprint density at radius 2 is 1.80 bits per heavy atom. The van der Waals surface area contributed by atoms with E-state index < -0.39 is 0 Å². The van der Waals surface area contributed by atoms with E-state index in [4.69, 9.17) is 11.6 Å². The lowest BCUT2D eigenvalue weighted by Crippen LogP contribution is -2.13. The molecule has 2 aromatic rings. The lowest BCUT2D eigenvalue weighted by atomic mass is 10.1. The lowest BCUT2D eigenvalue weighted by molar-refractivity contribution is 0.0600. The van der Waals surface area contributed by atoms with Crippen molar-refractivity contribution in [3.63, 3.8) is 0 Å². The van der Waals surface area contributed by atoms with Crippen LogP contribution in [0.15, 0.2) is 48.5 Å². The first-order valence-corrected chi connectivity index (χ1v) is 6.70. The number of halogens is 1. The fourth-order valence-corrected chi connectivity index (χ4v) is 2.06. The number of nitrogens with one attached hydrogen (secondary N) is 1. The SMILES string of the molecule is COC(=O)c1ccc(CNCc2ccccc2Cl)cc1. The summed E-state index contributed by atoms with van der Waals surface area (Å²) in [5.74, 6) is -0.319. The topological polar surface area (TPSA) is 38.3 Å². The summed E-state index contributed by atoms with van der Waals surface area (Å²) in [5.41, 5.74) is 2.73. The molecule has 0 atom stereocenters. The van der Waals surface area contributed by atoms with E-state index in [-0.39, 0.29) is 5.97 Å². The van der Waals surface area contributed by atoms with Crippen molar-refractivity contribution in [3.05, 3.63) is 70.2 Å². The van der Waals surface area contributed by atoms with Gasteiger partial charge in [-0.1, -0.05) is 41.9 Å². The minimum Gasteiger partial charge on any atom is -0.465 e. The fourth-order valence-electron chi connectivity index (χ4n) is 1.86. The van der Waals surface area contributed by atoms with E-state index in [2.05, 4.69) is 10.1 Å². The Morgan fingerprint density at radius 3 is 2.45 bits per heavy atom. The number of ether oxygens (including phenoxy) is 1. The average Bonchev–Trinajstić information content (AvgIpc) is 2.49. The van der Waals surface area contributed by atoms with E-state index in [1.807, 2.05) is 36.4 Å². The van der Waals surface area contributed by atoms with Crippen LogP contribution in [-0.2, 0) is 17.8 Å². The second kappa shape index (κ2) is 7.08.